The fourth-order valence-corrected chi connectivity index (χ4v) is 4.57. The van der Waals surface area contributed by atoms with Crippen molar-refractivity contribution in [1.29, 1.82) is 0 Å². The van der Waals surface area contributed by atoms with Crippen LogP contribution in [-0.2, 0) is 4.79 Å². The Morgan fingerprint density at radius 3 is 2.68 bits per heavy atom. The van der Waals surface area contributed by atoms with E-state index >= 15 is 0 Å². The first kappa shape index (κ1) is 16.9. The molecule has 1 aromatic carbocycles. The van der Waals surface area contributed by atoms with Gasteiger partial charge in [0, 0.05) is 29.1 Å². The van der Waals surface area contributed by atoms with E-state index in [2.05, 4.69) is 4.98 Å². The lowest BCUT2D eigenvalue weighted by atomic mass is 9.95. The molecular weight excluding hydrogens is 360 g/mol. The van der Waals surface area contributed by atoms with Gasteiger partial charge in [-0.15, -0.1) is 0 Å². The lowest BCUT2D eigenvalue weighted by Gasteiger charge is -2.24. The summed E-state index contributed by atoms with van der Waals surface area (Å²) in [7, 11) is 4.64. The Morgan fingerprint density at radius 1 is 1.18 bits per heavy atom. The Hall–Kier alpha value is -3.22. The second-order valence-electron chi connectivity index (χ2n) is 7.42. The van der Waals surface area contributed by atoms with Gasteiger partial charge in [0.05, 0.1) is 26.8 Å². The number of H-pyrrole nitrogens is 1. The van der Waals surface area contributed by atoms with Crippen LogP contribution >= 0.6 is 0 Å². The molecule has 7 heteroatoms. The third kappa shape index (κ3) is 2.10. The normalized spacial score (nSPS) is 24.7. The topological polar surface area (TPSA) is 80.9 Å². The van der Waals surface area contributed by atoms with Crippen LogP contribution in [0.15, 0.2) is 36.1 Å². The first-order chi connectivity index (χ1) is 13.5. The summed E-state index contributed by atoms with van der Waals surface area (Å²) >= 11 is 0. The number of carbonyl (C=O) groups is 2. The summed E-state index contributed by atoms with van der Waals surface area (Å²) in [6.07, 6.45) is 6.18. The highest BCUT2D eigenvalue weighted by Crippen LogP contribution is 2.65. The number of piperidine rings is 1. The van der Waals surface area contributed by atoms with Gasteiger partial charge < -0.3 is 24.1 Å². The molecule has 1 amide bonds. The highest BCUT2D eigenvalue weighted by Gasteiger charge is 2.63. The maximum atomic E-state index is 13.3. The fraction of sp³-hybridized carbons (Fsp3) is 0.333. The number of hydrogen-bond donors (Lipinski definition) is 1. The van der Waals surface area contributed by atoms with Gasteiger partial charge >= 0.3 is 0 Å². The number of benzene rings is 1. The summed E-state index contributed by atoms with van der Waals surface area (Å²) in [5.41, 5.74) is 1.79. The van der Waals surface area contributed by atoms with Crippen molar-refractivity contribution in [2.24, 2.45) is 11.3 Å². The predicted molar refractivity (Wildman–Crippen MR) is 102 cm³/mol. The van der Waals surface area contributed by atoms with E-state index in [1.807, 2.05) is 6.08 Å². The van der Waals surface area contributed by atoms with E-state index in [4.69, 9.17) is 14.2 Å². The molecule has 1 saturated heterocycles. The summed E-state index contributed by atoms with van der Waals surface area (Å²) in [4.78, 5) is 30.0. The molecular formula is C21H20N2O5. The van der Waals surface area contributed by atoms with E-state index in [1.165, 1.54) is 7.11 Å². The van der Waals surface area contributed by atoms with Crippen molar-refractivity contribution in [3.8, 4) is 17.2 Å². The molecule has 1 N–H and O–H groups in total. The van der Waals surface area contributed by atoms with Crippen molar-refractivity contribution in [2.45, 2.75) is 6.42 Å². The zero-order valence-corrected chi connectivity index (χ0v) is 15.9. The van der Waals surface area contributed by atoms with Crippen LogP contribution in [0.25, 0.3) is 10.9 Å². The summed E-state index contributed by atoms with van der Waals surface area (Å²) in [5, 5.41) is 0.783. The molecule has 2 aliphatic carbocycles. The minimum atomic E-state index is -0.155. The van der Waals surface area contributed by atoms with Gasteiger partial charge in [-0.25, -0.2) is 0 Å². The van der Waals surface area contributed by atoms with Crippen LogP contribution in [0.3, 0.4) is 0 Å². The Labute approximate surface area is 161 Å². The number of aromatic amines is 1. The van der Waals surface area contributed by atoms with Gasteiger partial charge in [-0.3, -0.25) is 9.59 Å². The van der Waals surface area contributed by atoms with Crippen LogP contribution in [0.4, 0.5) is 0 Å². The largest absolute Gasteiger partial charge is 0.493 e. The Bertz CT molecular complexity index is 1100. The number of ketones is 1. The maximum absolute atomic E-state index is 13.3. The zero-order chi connectivity index (χ0) is 19.6. The van der Waals surface area contributed by atoms with Crippen molar-refractivity contribution < 1.29 is 23.8 Å². The molecule has 144 valence electrons. The van der Waals surface area contributed by atoms with E-state index in [0.717, 1.165) is 17.5 Å². The average Bonchev–Trinajstić information content (AvgIpc) is 3.07. The molecule has 2 aromatic rings. The minimum Gasteiger partial charge on any atom is -0.493 e. The molecule has 1 aliphatic heterocycles. The lowest BCUT2D eigenvalue weighted by molar-refractivity contribution is -0.110. The quantitative estimate of drug-likeness (QED) is 0.882. The number of nitrogens with one attached hydrogen (secondary N) is 1. The van der Waals surface area contributed by atoms with E-state index in [9.17, 15) is 9.59 Å². The third-order valence-electron chi connectivity index (χ3n) is 6.04. The van der Waals surface area contributed by atoms with Crippen molar-refractivity contribution in [1.82, 2.24) is 9.88 Å². The van der Waals surface area contributed by atoms with E-state index in [0.29, 0.717) is 40.9 Å². The molecule has 2 heterocycles. The number of nitrogens with zero attached hydrogens (tertiary/aromatic N) is 1. The number of methoxy groups -OCH3 is 3. The van der Waals surface area contributed by atoms with Gasteiger partial charge in [-0.2, -0.15) is 0 Å². The number of ether oxygens (including phenoxy) is 3. The molecule has 5 rings (SSSR count). The molecule has 28 heavy (non-hydrogen) atoms. The molecule has 1 saturated carbocycles. The van der Waals surface area contributed by atoms with Crippen molar-refractivity contribution in [3.63, 3.8) is 0 Å². The van der Waals surface area contributed by atoms with Crippen LogP contribution in [0, 0.1) is 11.3 Å². The number of amides is 1. The second-order valence-corrected chi connectivity index (χ2v) is 7.42. The first-order valence-electron chi connectivity index (χ1n) is 9.11. The van der Waals surface area contributed by atoms with E-state index < -0.39 is 0 Å². The number of hydrogen-bond acceptors (Lipinski definition) is 5. The van der Waals surface area contributed by atoms with E-state index in [-0.39, 0.29) is 17.1 Å². The van der Waals surface area contributed by atoms with Gasteiger partial charge in [0.1, 0.15) is 5.69 Å². The second kappa shape index (κ2) is 5.64. The van der Waals surface area contributed by atoms with Gasteiger partial charge in [0.2, 0.25) is 5.75 Å². The molecule has 1 spiro atoms. The number of fused-ring (bicyclic) bond motifs is 1. The van der Waals surface area contributed by atoms with Crippen LogP contribution < -0.4 is 14.2 Å². The van der Waals surface area contributed by atoms with Crippen molar-refractivity contribution >= 4 is 22.6 Å². The SMILES string of the molecule is COc1cc2cc(C(=O)N3C[C@H]4C[C@@]45C=CC(=O)C=C35)[nH]c2c(OC)c1OC. The molecule has 0 bridgehead atoms. The molecule has 1 aromatic heterocycles. The zero-order valence-electron chi connectivity index (χ0n) is 15.9. The summed E-state index contributed by atoms with van der Waals surface area (Å²) in [5.74, 6) is 1.64. The Kier molecular flexibility index (Phi) is 3.41. The van der Waals surface area contributed by atoms with Crippen LogP contribution in [0.2, 0.25) is 0 Å². The smallest absolute Gasteiger partial charge is 0.274 e. The summed E-state index contributed by atoms with van der Waals surface area (Å²) in [6.45, 7) is 0.626. The molecule has 3 aliphatic rings. The Balaban J connectivity index is 1.57. The molecule has 2 atom stereocenters. The standard InChI is InChI=1S/C21H20N2O5/c1-26-15-7-11-6-14(22-17(11)19(28-3)18(15)27-2)20(25)23-10-12-9-21(12)5-4-13(24)8-16(21)23/h4-8,12,22H,9-10H2,1-3H3/t12-,21+/m1/s1. The summed E-state index contributed by atoms with van der Waals surface area (Å²) < 4.78 is 16.3. The number of allylic oxidation sites excluding steroid dienone is 3. The van der Waals surface area contributed by atoms with Crippen LogP contribution in [0.1, 0.15) is 16.9 Å². The Morgan fingerprint density at radius 2 is 1.96 bits per heavy atom. The fourth-order valence-electron chi connectivity index (χ4n) is 4.57. The number of likely N-dealkylation sites (tertiary alicyclic amines) is 1. The number of rotatable bonds is 4. The lowest BCUT2D eigenvalue weighted by Crippen LogP contribution is -2.31. The summed E-state index contributed by atoms with van der Waals surface area (Å²) in [6, 6.07) is 3.58. The van der Waals surface area contributed by atoms with Gasteiger partial charge in [0.25, 0.3) is 5.91 Å². The number of aromatic nitrogens is 1. The van der Waals surface area contributed by atoms with E-state index in [1.54, 1.807) is 43.4 Å². The monoisotopic (exact) mass is 380 g/mol. The maximum Gasteiger partial charge on any atom is 0.274 e. The van der Waals surface area contributed by atoms with Gasteiger partial charge in [0.15, 0.2) is 17.3 Å². The van der Waals surface area contributed by atoms with Crippen LogP contribution in [0.5, 0.6) is 17.2 Å². The van der Waals surface area contributed by atoms with Gasteiger partial charge in [-0.1, -0.05) is 6.08 Å². The highest BCUT2D eigenvalue weighted by atomic mass is 16.5. The van der Waals surface area contributed by atoms with Crippen molar-refractivity contribution in [2.75, 3.05) is 27.9 Å². The predicted octanol–water partition coefficient (Wildman–Crippen LogP) is 2.68. The third-order valence-corrected chi connectivity index (χ3v) is 6.04. The van der Waals surface area contributed by atoms with Crippen molar-refractivity contribution in [3.05, 3.63) is 41.8 Å². The van der Waals surface area contributed by atoms with Gasteiger partial charge in [-0.05, 0) is 30.5 Å². The first-order valence-corrected chi connectivity index (χ1v) is 9.11. The molecule has 0 unspecified atom stereocenters. The highest BCUT2D eigenvalue weighted by molar-refractivity contribution is 6.05. The minimum absolute atomic E-state index is 0.0706. The average molecular weight is 380 g/mol. The number of carbonyl (C=O) groups excluding carboxylic acids is 2. The molecule has 0 radical (unpaired) electrons. The van der Waals surface area contributed by atoms with Crippen LogP contribution in [-0.4, -0.2) is 49.4 Å². The molecule has 2 fully saturated rings. The molecule has 7 nitrogen and oxygen atoms in total.